The van der Waals surface area contributed by atoms with Crippen LogP contribution in [-0.2, 0) is 0 Å². The minimum atomic E-state index is -0.670. The molecule has 126 valence electrons. The fourth-order valence-corrected chi connectivity index (χ4v) is 2.99. The molecule has 0 radical (unpaired) electrons. The molecule has 3 rings (SSSR count). The summed E-state index contributed by atoms with van der Waals surface area (Å²) in [6, 6.07) is 7.34. The summed E-state index contributed by atoms with van der Waals surface area (Å²) < 4.78 is 1.62. The molecule has 25 heavy (non-hydrogen) atoms. The van der Waals surface area contributed by atoms with Gasteiger partial charge in [-0.2, -0.15) is 0 Å². The summed E-state index contributed by atoms with van der Waals surface area (Å²) in [5.74, 6) is 2.29. The number of phenolic OH excluding ortho intramolecular Hbond substituents is 1. The third kappa shape index (κ3) is 2.40. The first-order valence-corrected chi connectivity index (χ1v) is 7.47. The van der Waals surface area contributed by atoms with Crippen LogP contribution in [0.2, 0.25) is 0 Å². The number of benzene rings is 1. The SMILES string of the molecule is Cc1ccc(O)c(C)c1-n1c(N)c(C(N)=O)c2cc(C#CN)cnc21. The molecular weight excluding hydrogens is 318 g/mol. The summed E-state index contributed by atoms with van der Waals surface area (Å²) in [6.45, 7) is 3.65. The molecule has 0 aliphatic heterocycles. The molecule has 0 unspecified atom stereocenters. The quantitative estimate of drug-likeness (QED) is 0.414. The second-order valence-electron chi connectivity index (χ2n) is 5.70. The molecule has 3 aromatic rings. The van der Waals surface area contributed by atoms with Crippen molar-refractivity contribution < 1.29 is 9.90 Å². The predicted molar refractivity (Wildman–Crippen MR) is 96.2 cm³/mol. The standard InChI is InChI=1S/C18H17N5O2/c1-9-3-4-13(24)10(2)15(9)23-16(20)14(17(21)25)12-7-11(5-6-19)8-22-18(12)23/h3-4,7-8,24H,19-20H2,1-2H3,(H2,21,25). The lowest BCUT2D eigenvalue weighted by molar-refractivity contribution is 0.100. The first kappa shape index (κ1) is 16.2. The molecule has 0 bridgehead atoms. The number of nitrogen functional groups attached to an aromatic ring is 1. The Morgan fingerprint density at radius 3 is 2.68 bits per heavy atom. The number of aromatic hydroxyl groups is 1. The average molecular weight is 335 g/mol. The Labute approximate surface area is 144 Å². The van der Waals surface area contributed by atoms with Gasteiger partial charge in [0.1, 0.15) is 17.2 Å². The second-order valence-corrected chi connectivity index (χ2v) is 5.70. The van der Waals surface area contributed by atoms with Crippen molar-refractivity contribution >= 4 is 22.8 Å². The van der Waals surface area contributed by atoms with Gasteiger partial charge in [0.05, 0.1) is 11.3 Å². The highest BCUT2D eigenvalue weighted by Gasteiger charge is 2.23. The summed E-state index contributed by atoms with van der Waals surface area (Å²) in [4.78, 5) is 16.4. The number of amides is 1. The number of anilines is 1. The molecule has 0 saturated carbocycles. The maximum Gasteiger partial charge on any atom is 0.253 e. The fraction of sp³-hybridized carbons (Fsp3) is 0.111. The smallest absolute Gasteiger partial charge is 0.253 e. The Kier molecular flexibility index (Phi) is 3.73. The molecule has 0 aliphatic carbocycles. The summed E-state index contributed by atoms with van der Waals surface area (Å²) in [5, 5.41) is 10.6. The van der Waals surface area contributed by atoms with Gasteiger partial charge in [0.25, 0.3) is 5.91 Å². The van der Waals surface area contributed by atoms with Gasteiger partial charge in [-0.15, -0.1) is 0 Å². The molecule has 0 saturated heterocycles. The van der Waals surface area contributed by atoms with E-state index in [2.05, 4.69) is 16.9 Å². The first-order chi connectivity index (χ1) is 11.9. The van der Waals surface area contributed by atoms with Gasteiger partial charge in [-0.25, -0.2) is 4.98 Å². The molecule has 7 N–H and O–H groups in total. The van der Waals surface area contributed by atoms with Crippen molar-refractivity contribution in [1.82, 2.24) is 9.55 Å². The van der Waals surface area contributed by atoms with Crippen molar-refractivity contribution in [1.29, 1.82) is 0 Å². The van der Waals surface area contributed by atoms with Crippen LogP contribution < -0.4 is 17.2 Å². The van der Waals surface area contributed by atoms with E-state index in [1.165, 1.54) is 6.20 Å². The average Bonchev–Trinajstić information content (AvgIpc) is 2.84. The lowest BCUT2D eigenvalue weighted by Crippen LogP contribution is -2.14. The number of carbonyl (C=O) groups is 1. The van der Waals surface area contributed by atoms with Crippen molar-refractivity contribution in [2.75, 3.05) is 5.73 Å². The molecule has 7 nitrogen and oxygen atoms in total. The maximum absolute atomic E-state index is 12.0. The van der Waals surface area contributed by atoms with Crippen LogP contribution in [0.1, 0.15) is 27.0 Å². The fourth-order valence-electron chi connectivity index (χ4n) is 2.99. The number of pyridine rings is 1. The van der Waals surface area contributed by atoms with E-state index in [4.69, 9.17) is 17.2 Å². The molecule has 1 amide bonds. The van der Waals surface area contributed by atoms with Crippen LogP contribution in [0.4, 0.5) is 5.82 Å². The van der Waals surface area contributed by atoms with Crippen molar-refractivity contribution in [2.24, 2.45) is 11.5 Å². The highest BCUT2D eigenvalue weighted by Crippen LogP contribution is 2.35. The Bertz CT molecular complexity index is 1090. The van der Waals surface area contributed by atoms with Gasteiger partial charge in [0, 0.05) is 28.8 Å². The minimum Gasteiger partial charge on any atom is -0.508 e. The highest BCUT2D eigenvalue weighted by molar-refractivity contribution is 6.11. The Morgan fingerprint density at radius 2 is 2.04 bits per heavy atom. The van der Waals surface area contributed by atoms with E-state index < -0.39 is 5.91 Å². The largest absolute Gasteiger partial charge is 0.508 e. The van der Waals surface area contributed by atoms with Gasteiger partial charge in [-0.3, -0.25) is 9.36 Å². The molecule has 0 fully saturated rings. The number of nitrogens with zero attached hydrogens (tertiary/aromatic N) is 2. The molecule has 1 aromatic carbocycles. The molecular formula is C18H17N5O2. The van der Waals surface area contributed by atoms with Crippen LogP contribution in [0.3, 0.4) is 0 Å². The van der Waals surface area contributed by atoms with E-state index in [-0.39, 0.29) is 17.1 Å². The zero-order valence-corrected chi connectivity index (χ0v) is 13.8. The van der Waals surface area contributed by atoms with E-state index in [9.17, 15) is 9.90 Å². The molecule has 0 spiro atoms. The molecule has 0 aliphatic rings. The number of carbonyl (C=O) groups excluding carboxylic acids is 1. The predicted octanol–water partition coefficient (Wildman–Crippen LogP) is 1.30. The van der Waals surface area contributed by atoms with E-state index in [0.717, 1.165) is 5.56 Å². The Hall–Kier alpha value is -3.66. The van der Waals surface area contributed by atoms with Crippen molar-refractivity contribution in [2.45, 2.75) is 13.8 Å². The van der Waals surface area contributed by atoms with Gasteiger partial charge in [0.2, 0.25) is 0 Å². The van der Waals surface area contributed by atoms with E-state index in [1.54, 1.807) is 29.7 Å². The van der Waals surface area contributed by atoms with Crippen LogP contribution in [0.5, 0.6) is 5.75 Å². The second kappa shape index (κ2) is 5.76. The highest BCUT2D eigenvalue weighted by atomic mass is 16.3. The van der Waals surface area contributed by atoms with Gasteiger partial charge < -0.3 is 22.3 Å². The normalized spacial score (nSPS) is 10.5. The van der Waals surface area contributed by atoms with E-state index in [1.807, 2.05) is 6.92 Å². The number of nitrogens with two attached hydrogens (primary N) is 3. The van der Waals surface area contributed by atoms with Crippen molar-refractivity contribution in [3.05, 3.63) is 46.6 Å². The van der Waals surface area contributed by atoms with Gasteiger partial charge in [0.15, 0.2) is 0 Å². The number of aryl methyl sites for hydroxylation is 1. The van der Waals surface area contributed by atoms with E-state index in [0.29, 0.717) is 27.8 Å². The number of phenols is 1. The van der Waals surface area contributed by atoms with Gasteiger partial charge >= 0.3 is 0 Å². The Morgan fingerprint density at radius 1 is 1.32 bits per heavy atom. The lowest BCUT2D eigenvalue weighted by Gasteiger charge is -2.15. The first-order valence-electron chi connectivity index (χ1n) is 7.47. The molecule has 2 heterocycles. The van der Waals surface area contributed by atoms with Crippen LogP contribution in [-0.4, -0.2) is 20.6 Å². The van der Waals surface area contributed by atoms with Gasteiger partial charge in [-0.05, 0) is 37.5 Å². The summed E-state index contributed by atoms with van der Waals surface area (Å²) in [5.41, 5.74) is 20.3. The van der Waals surface area contributed by atoms with Crippen LogP contribution in [0.25, 0.3) is 16.7 Å². The third-order valence-electron chi connectivity index (χ3n) is 4.14. The summed E-state index contributed by atoms with van der Waals surface area (Å²) in [7, 11) is 0. The topological polar surface area (TPSA) is 133 Å². The number of hydrogen-bond donors (Lipinski definition) is 4. The van der Waals surface area contributed by atoms with Crippen LogP contribution in [0, 0.1) is 25.8 Å². The number of primary amides is 1. The minimum absolute atomic E-state index is 0.119. The number of rotatable bonds is 2. The van der Waals surface area contributed by atoms with Crippen molar-refractivity contribution in [3.8, 4) is 23.4 Å². The molecule has 7 heteroatoms. The molecule has 0 atom stereocenters. The zero-order chi connectivity index (χ0) is 18.3. The van der Waals surface area contributed by atoms with E-state index >= 15 is 0 Å². The summed E-state index contributed by atoms with van der Waals surface area (Å²) >= 11 is 0. The summed E-state index contributed by atoms with van der Waals surface area (Å²) in [6.07, 6.45) is 1.54. The number of fused-ring (bicyclic) bond motifs is 1. The van der Waals surface area contributed by atoms with Crippen LogP contribution in [0.15, 0.2) is 24.4 Å². The van der Waals surface area contributed by atoms with Crippen molar-refractivity contribution in [3.63, 3.8) is 0 Å². The lowest BCUT2D eigenvalue weighted by atomic mass is 10.1. The maximum atomic E-state index is 12.0. The monoisotopic (exact) mass is 335 g/mol. The third-order valence-corrected chi connectivity index (χ3v) is 4.14. The number of aromatic nitrogens is 2. The zero-order valence-electron chi connectivity index (χ0n) is 13.8. The Balaban J connectivity index is 2.49. The number of hydrogen-bond acceptors (Lipinski definition) is 5. The van der Waals surface area contributed by atoms with Crippen LogP contribution >= 0.6 is 0 Å². The van der Waals surface area contributed by atoms with Gasteiger partial charge in [-0.1, -0.05) is 6.07 Å². The molecule has 2 aromatic heterocycles.